The van der Waals surface area contributed by atoms with Crippen molar-refractivity contribution in [2.45, 2.75) is 18.9 Å². The normalized spacial score (nSPS) is 38.1. The van der Waals surface area contributed by atoms with Gasteiger partial charge in [-0.1, -0.05) is 36.4 Å². The fraction of sp³-hybridized carbons (Fsp3) is 0.389. The Bertz CT molecular complexity index is 576. The first-order valence-electron chi connectivity index (χ1n) is 7.48. The molecule has 0 unspecified atom stereocenters. The second kappa shape index (κ2) is 4.34. The van der Waals surface area contributed by atoms with E-state index in [4.69, 9.17) is 0 Å². The molecule has 1 saturated carbocycles. The Balaban J connectivity index is 1.79. The van der Waals surface area contributed by atoms with Gasteiger partial charge < -0.3 is 4.90 Å². The Kier molecular flexibility index (Phi) is 2.59. The number of amides is 1. The van der Waals surface area contributed by atoms with E-state index in [1.807, 2.05) is 24.3 Å². The molecule has 0 radical (unpaired) electrons. The molecule has 2 nitrogen and oxygen atoms in total. The Morgan fingerprint density at radius 3 is 2.80 bits per heavy atom. The number of hydrogen-bond donors (Lipinski definition) is 0. The molecule has 2 fully saturated rings. The predicted octanol–water partition coefficient (Wildman–Crippen LogP) is 3.42. The van der Waals surface area contributed by atoms with Crippen LogP contribution in [-0.4, -0.2) is 11.9 Å². The molecule has 0 spiro atoms. The summed E-state index contributed by atoms with van der Waals surface area (Å²) < 4.78 is 0. The second-order valence-corrected chi connectivity index (χ2v) is 6.18. The van der Waals surface area contributed by atoms with Crippen LogP contribution in [0.3, 0.4) is 0 Å². The molecule has 4 rings (SSSR count). The summed E-state index contributed by atoms with van der Waals surface area (Å²) in [5.41, 5.74) is 1.05. The highest BCUT2D eigenvalue weighted by Gasteiger charge is 2.57. The van der Waals surface area contributed by atoms with Gasteiger partial charge in [-0.05, 0) is 42.7 Å². The molecule has 0 aromatic heterocycles. The highest BCUT2D eigenvalue weighted by atomic mass is 16.2. The summed E-state index contributed by atoms with van der Waals surface area (Å²) in [4.78, 5) is 15.0. The average molecular weight is 265 g/mol. The maximum absolute atomic E-state index is 12.9. The van der Waals surface area contributed by atoms with E-state index < -0.39 is 0 Å². The second-order valence-electron chi connectivity index (χ2n) is 6.18. The van der Waals surface area contributed by atoms with Crippen molar-refractivity contribution in [3.05, 3.63) is 55.1 Å². The molecular formula is C18H19NO. The Hall–Kier alpha value is -1.83. The molecule has 1 aliphatic heterocycles. The topological polar surface area (TPSA) is 20.3 Å². The van der Waals surface area contributed by atoms with E-state index in [1.54, 1.807) is 0 Å². The number of nitrogens with zero attached hydrogens (tertiary/aromatic N) is 1. The van der Waals surface area contributed by atoms with Gasteiger partial charge in [0.05, 0.1) is 5.92 Å². The largest absolute Gasteiger partial charge is 0.308 e. The number of hydrogen-bond acceptors (Lipinski definition) is 1. The summed E-state index contributed by atoms with van der Waals surface area (Å²) >= 11 is 0. The summed E-state index contributed by atoms with van der Waals surface area (Å²) in [6, 6.07) is 10.5. The van der Waals surface area contributed by atoms with Crippen molar-refractivity contribution in [2.75, 3.05) is 4.90 Å². The van der Waals surface area contributed by atoms with Gasteiger partial charge in [0.2, 0.25) is 5.91 Å². The Morgan fingerprint density at radius 1 is 1.25 bits per heavy atom. The third-order valence-corrected chi connectivity index (χ3v) is 5.31. The number of para-hydroxylation sites is 1. The maximum atomic E-state index is 12.9. The molecule has 0 bridgehead atoms. The molecule has 3 aliphatic rings. The Morgan fingerprint density at radius 2 is 2.05 bits per heavy atom. The van der Waals surface area contributed by atoms with Gasteiger partial charge in [0.1, 0.15) is 0 Å². The van der Waals surface area contributed by atoms with Gasteiger partial charge in [-0.25, -0.2) is 0 Å². The van der Waals surface area contributed by atoms with E-state index in [-0.39, 0.29) is 5.92 Å². The van der Waals surface area contributed by atoms with E-state index in [0.717, 1.165) is 18.5 Å². The molecule has 0 N–H and O–H groups in total. The van der Waals surface area contributed by atoms with Crippen molar-refractivity contribution in [3.8, 4) is 0 Å². The molecule has 1 amide bonds. The van der Waals surface area contributed by atoms with Crippen LogP contribution in [0.2, 0.25) is 0 Å². The summed E-state index contributed by atoms with van der Waals surface area (Å²) in [6.45, 7) is 3.95. The minimum Gasteiger partial charge on any atom is -0.308 e. The van der Waals surface area contributed by atoms with Crippen LogP contribution in [0.5, 0.6) is 0 Å². The van der Waals surface area contributed by atoms with Crippen molar-refractivity contribution in [1.29, 1.82) is 0 Å². The number of anilines is 1. The van der Waals surface area contributed by atoms with Crippen molar-refractivity contribution in [1.82, 2.24) is 0 Å². The SMILES string of the molecule is C=C[C@H]1C[C@H]2C=CC[C@H]3[C@H]2[C@H]1C(=O)N3c1ccccc1. The van der Waals surface area contributed by atoms with Crippen LogP contribution < -0.4 is 4.90 Å². The molecule has 1 aromatic carbocycles. The lowest BCUT2D eigenvalue weighted by molar-refractivity contribution is -0.121. The molecule has 102 valence electrons. The van der Waals surface area contributed by atoms with Crippen LogP contribution >= 0.6 is 0 Å². The number of carbonyl (C=O) groups excluding carboxylic acids is 1. The van der Waals surface area contributed by atoms with Gasteiger partial charge in [0, 0.05) is 11.7 Å². The third kappa shape index (κ3) is 1.48. The molecular weight excluding hydrogens is 246 g/mol. The summed E-state index contributed by atoms with van der Waals surface area (Å²) in [5, 5.41) is 0. The first-order chi connectivity index (χ1) is 9.81. The summed E-state index contributed by atoms with van der Waals surface area (Å²) in [7, 11) is 0. The van der Waals surface area contributed by atoms with Crippen LogP contribution in [0.15, 0.2) is 55.1 Å². The third-order valence-electron chi connectivity index (χ3n) is 5.31. The lowest BCUT2D eigenvalue weighted by Gasteiger charge is -2.32. The number of allylic oxidation sites excluding steroid dienone is 2. The van der Waals surface area contributed by atoms with Gasteiger partial charge >= 0.3 is 0 Å². The number of carbonyl (C=O) groups is 1. The van der Waals surface area contributed by atoms with Gasteiger partial charge in [0.15, 0.2) is 0 Å². The van der Waals surface area contributed by atoms with E-state index in [2.05, 4.69) is 35.8 Å². The fourth-order valence-electron chi connectivity index (χ4n) is 4.55. The first kappa shape index (κ1) is 12.0. The van der Waals surface area contributed by atoms with Crippen molar-refractivity contribution in [3.63, 3.8) is 0 Å². The summed E-state index contributed by atoms with van der Waals surface area (Å²) in [5.74, 6) is 1.83. The van der Waals surface area contributed by atoms with Gasteiger partial charge in [-0.2, -0.15) is 0 Å². The lowest BCUT2D eigenvalue weighted by atomic mass is 9.80. The molecule has 1 aromatic rings. The van der Waals surface area contributed by atoms with Crippen molar-refractivity contribution < 1.29 is 4.79 Å². The predicted molar refractivity (Wildman–Crippen MR) is 80.2 cm³/mol. The zero-order valence-corrected chi connectivity index (χ0v) is 11.5. The van der Waals surface area contributed by atoms with Crippen LogP contribution in [0.4, 0.5) is 5.69 Å². The maximum Gasteiger partial charge on any atom is 0.231 e. The zero-order valence-electron chi connectivity index (χ0n) is 11.5. The molecule has 1 saturated heterocycles. The monoisotopic (exact) mass is 265 g/mol. The highest BCUT2D eigenvalue weighted by molar-refractivity contribution is 5.99. The molecule has 1 heterocycles. The van der Waals surface area contributed by atoms with Crippen LogP contribution in [0.1, 0.15) is 12.8 Å². The van der Waals surface area contributed by atoms with Gasteiger partial charge in [-0.15, -0.1) is 6.58 Å². The van der Waals surface area contributed by atoms with E-state index in [0.29, 0.717) is 29.7 Å². The van der Waals surface area contributed by atoms with Crippen molar-refractivity contribution in [2.24, 2.45) is 23.7 Å². The molecule has 20 heavy (non-hydrogen) atoms. The van der Waals surface area contributed by atoms with Crippen molar-refractivity contribution >= 4 is 11.6 Å². The smallest absolute Gasteiger partial charge is 0.231 e. The quantitative estimate of drug-likeness (QED) is 0.750. The van der Waals surface area contributed by atoms with Crippen LogP contribution in [0, 0.1) is 23.7 Å². The first-order valence-corrected chi connectivity index (χ1v) is 7.48. The molecule has 5 atom stereocenters. The zero-order chi connectivity index (χ0) is 13.7. The summed E-state index contributed by atoms with van der Waals surface area (Å²) in [6.07, 6.45) is 8.69. The molecule has 2 aliphatic carbocycles. The standard InChI is InChI=1S/C18H19NO/c1-2-12-11-13-7-6-10-15-16(13)17(12)18(20)19(15)14-8-4-3-5-9-14/h2-9,12-13,15-17H,1,10-11H2/t12-,13+,15-,16-,17-/m0/s1. The average Bonchev–Trinajstić information content (AvgIpc) is 3.01. The number of rotatable bonds is 2. The van der Waals surface area contributed by atoms with Gasteiger partial charge in [-0.3, -0.25) is 4.79 Å². The number of benzene rings is 1. The van der Waals surface area contributed by atoms with E-state index >= 15 is 0 Å². The Labute approximate surface area is 119 Å². The lowest BCUT2D eigenvalue weighted by Crippen LogP contribution is -2.38. The van der Waals surface area contributed by atoms with E-state index in [1.165, 1.54) is 0 Å². The minimum absolute atomic E-state index is 0.146. The van der Waals surface area contributed by atoms with E-state index in [9.17, 15) is 4.79 Å². The molecule has 2 heteroatoms. The van der Waals surface area contributed by atoms with Crippen LogP contribution in [0.25, 0.3) is 0 Å². The minimum atomic E-state index is 0.146. The fourth-order valence-corrected chi connectivity index (χ4v) is 4.55. The van der Waals surface area contributed by atoms with Gasteiger partial charge in [0.25, 0.3) is 0 Å². The van der Waals surface area contributed by atoms with Crippen LogP contribution in [-0.2, 0) is 4.79 Å². The highest BCUT2D eigenvalue weighted by Crippen LogP contribution is 2.54.